The summed E-state index contributed by atoms with van der Waals surface area (Å²) < 4.78 is 26.4. The zero-order valence-electron chi connectivity index (χ0n) is 15.1. The van der Waals surface area contributed by atoms with Crippen LogP contribution in [0.4, 0.5) is 0 Å². The molecule has 0 aliphatic carbocycles. The molecule has 4 rings (SSSR count). The predicted octanol–water partition coefficient (Wildman–Crippen LogP) is 3.34. The van der Waals surface area contributed by atoms with Gasteiger partial charge in [0, 0.05) is 5.56 Å². The second kappa shape index (κ2) is 6.80. The lowest BCUT2D eigenvalue weighted by Gasteiger charge is -2.14. The van der Waals surface area contributed by atoms with Crippen molar-refractivity contribution in [1.29, 1.82) is 0 Å². The van der Waals surface area contributed by atoms with Gasteiger partial charge in [0.2, 0.25) is 12.5 Å². The molecular weight excluding hydrogens is 368 g/mol. The number of aromatic hydroxyl groups is 1. The van der Waals surface area contributed by atoms with Crippen molar-refractivity contribution in [2.24, 2.45) is 0 Å². The third-order valence-corrected chi connectivity index (χ3v) is 4.50. The van der Waals surface area contributed by atoms with Crippen molar-refractivity contribution >= 4 is 22.5 Å². The first-order valence-corrected chi connectivity index (χ1v) is 8.35. The SMILES string of the molecule is COc1c(C(=O)CC(=O)c2ccc3c(c2)OCO3)c(O)c2ccoc2c1OC. The van der Waals surface area contributed by atoms with Gasteiger partial charge in [0.25, 0.3) is 0 Å². The molecule has 0 spiro atoms. The Labute approximate surface area is 159 Å². The standard InChI is InChI=1S/C20H16O8/c1-24-19-16(17(23)11-5-6-26-18(11)20(19)25-2)13(22)8-12(21)10-3-4-14-15(7-10)28-9-27-14/h3-7,23H,8-9H2,1-2H3. The molecule has 0 fully saturated rings. The van der Waals surface area contributed by atoms with Crippen LogP contribution in [0, 0.1) is 0 Å². The van der Waals surface area contributed by atoms with Gasteiger partial charge >= 0.3 is 0 Å². The topological polar surface area (TPSA) is 104 Å². The summed E-state index contributed by atoms with van der Waals surface area (Å²) in [4.78, 5) is 25.5. The van der Waals surface area contributed by atoms with Crippen molar-refractivity contribution in [1.82, 2.24) is 0 Å². The molecule has 144 valence electrons. The van der Waals surface area contributed by atoms with Crippen LogP contribution < -0.4 is 18.9 Å². The van der Waals surface area contributed by atoms with E-state index >= 15 is 0 Å². The second-order valence-electron chi connectivity index (χ2n) is 6.04. The monoisotopic (exact) mass is 384 g/mol. The number of Topliss-reactive ketones (excluding diaryl/α,β-unsaturated/α-hetero) is 2. The highest BCUT2D eigenvalue weighted by Gasteiger charge is 2.29. The lowest BCUT2D eigenvalue weighted by Crippen LogP contribution is -2.11. The number of fused-ring (bicyclic) bond motifs is 2. The quantitative estimate of drug-likeness (QED) is 0.510. The van der Waals surface area contributed by atoms with Crippen molar-refractivity contribution in [3.05, 3.63) is 41.7 Å². The maximum atomic E-state index is 12.9. The molecule has 1 aliphatic rings. The molecule has 1 aromatic heterocycles. The zero-order valence-corrected chi connectivity index (χ0v) is 15.1. The maximum Gasteiger partial charge on any atom is 0.231 e. The molecule has 0 bridgehead atoms. The van der Waals surface area contributed by atoms with E-state index in [0.29, 0.717) is 17.1 Å². The minimum absolute atomic E-state index is 0.00550. The lowest BCUT2D eigenvalue weighted by molar-refractivity contribution is 0.0891. The molecule has 2 aromatic carbocycles. The van der Waals surface area contributed by atoms with Crippen LogP contribution >= 0.6 is 0 Å². The van der Waals surface area contributed by atoms with E-state index in [4.69, 9.17) is 23.4 Å². The number of furan rings is 1. The van der Waals surface area contributed by atoms with Crippen LogP contribution in [0.3, 0.4) is 0 Å². The van der Waals surface area contributed by atoms with E-state index in [-0.39, 0.29) is 40.6 Å². The van der Waals surface area contributed by atoms with Crippen LogP contribution in [-0.2, 0) is 0 Å². The summed E-state index contributed by atoms with van der Waals surface area (Å²) in [5.41, 5.74) is 0.408. The molecule has 0 unspecified atom stereocenters. The van der Waals surface area contributed by atoms with Gasteiger partial charge in [-0.05, 0) is 24.3 Å². The fourth-order valence-corrected chi connectivity index (χ4v) is 3.18. The Morgan fingerprint density at radius 2 is 1.79 bits per heavy atom. The molecule has 2 heterocycles. The van der Waals surface area contributed by atoms with Gasteiger partial charge < -0.3 is 28.5 Å². The molecule has 8 heteroatoms. The molecule has 0 saturated heterocycles. The van der Waals surface area contributed by atoms with Crippen molar-refractivity contribution in [3.8, 4) is 28.7 Å². The molecule has 0 saturated carbocycles. The number of ketones is 2. The van der Waals surface area contributed by atoms with Crippen molar-refractivity contribution < 1.29 is 38.1 Å². The van der Waals surface area contributed by atoms with Gasteiger partial charge in [0.1, 0.15) is 11.3 Å². The number of phenols is 1. The highest BCUT2D eigenvalue weighted by atomic mass is 16.7. The summed E-state index contributed by atoms with van der Waals surface area (Å²) in [5, 5.41) is 10.9. The molecule has 28 heavy (non-hydrogen) atoms. The molecule has 8 nitrogen and oxygen atoms in total. The summed E-state index contributed by atoms with van der Waals surface area (Å²) in [7, 11) is 2.73. The van der Waals surface area contributed by atoms with Crippen molar-refractivity contribution in [2.75, 3.05) is 21.0 Å². The number of phenolic OH excluding ortho intramolecular Hbond substituents is 1. The summed E-state index contributed by atoms with van der Waals surface area (Å²) in [5.74, 6) is -0.220. The summed E-state index contributed by atoms with van der Waals surface area (Å²) in [6.07, 6.45) is 0.883. The Bertz CT molecular complexity index is 1100. The van der Waals surface area contributed by atoms with E-state index in [1.807, 2.05) is 0 Å². The number of carbonyl (C=O) groups excluding carboxylic acids is 2. The minimum atomic E-state index is -0.613. The number of hydrogen-bond acceptors (Lipinski definition) is 8. The number of carbonyl (C=O) groups is 2. The van der Waals surface area contributed by atoms with E-state index in [0.717, 1.165) is 0 Å². The minimum Gasteiger partial charge on any atom is -0.506 e. The fourth-order valence-electron chi connectivity index (χ4n) is 3.18. The van der Waals surface area contributed by atoms with Gasteiger partial charge in [-0.15, -0.1) is 0 Å². The third-order valence-electron chi connectivity index (χ3n) is 4.50. The largest absolute Gasteiger partial charge is 0.506 e. The lowest BCUT2D eigenvalue weighted by atomic mass is 9.98. The van der Waals surface area contributed by atoms with Gasteiger partial charge in [0.15, 0.2) is 34.4 Å². The third kappa shape index (κ3) is 2.70. The van der Waals surface area contributed by atoms with Gasteiger partial charge in [-0.2, -0.15) is 0 Å². The van der Waals surface area contributed by atoms with Gasteiger partial charge in [-0.1, -0.05) is 0 Å². The van der Waals surface area contributed by atoms with Crippen LogP contribution in [-0.4, -0.2) is 37.7 Å². The van der Waals surface area contributed by atoms with Crippen LogP contribution in [0.1, 0.15) is 27.1 Å². The summed E-state index contributed by atoms with van der Waals surface area (Å²) in [6, 6.07) is 6.19. The first-order chi connectivity index (χ1) is 13.5. The smallest absolute Gasteiger partial charge is 0.231 e. The Kier molecular flexibility index (Phi) is 4.31. The highest BCUT2D eigenvalue weighted by molar-refractivity contribution is 6.18. The molecule has 0 amide bonds. The Morgan fingerprint density at radius 3 is 2.54 bits per heavy atom. The van der Waals surface area contributed by atoms with Gasteiger partial charge in [0.05, 0.1) is 32.3 Å². The van der Waals surface area contributed by atoms with Crippen LogP contribution in [0.25, 0.3) is 11.0 Å². The number of hydrogen-bond donors (Lipinski definition) is 1. The first-order valence-electron chi connectivity index (χ1n) is 8.35. The Morgan fingerprint density at radius 1 is 1.04 bits per heavy atom. The Balaban J connectivity index is 1.71. The molecular formula is C20H16O8. The fraction of sp³-hybridized carbons (Fsp3) is 0.200. The van der Waals surface area contributed by atoms with Gasteiger partial charge in [-0.3, -0.25) is 9.59 Å². The first kappa shape index (κ1) is 17.7. The predicted molar refractivity (Wildman–Crippen MR) is 96.8 cm³/mol. The zero-order chi connectivity index (χ0) is 19.8. The van der Waals surface area contributed by atoms with E-state index < -0.39 is 18.0 Å². The average Bonchev–Trinajstić information content (AvgIpc) is 3.36. The van der Waals surface area contributed by atoms with E-state index in [1.165, 1.54) is 32.6 Å². The average molecular weight is 384 g/mol. The number of rotatable bonds is 6. The van der Waals surface area contributed by atoms with Crippen LogP contribution in [0.15, 0.2) is 34.9 Å². The van der Waals surface area contributed by atoms with E-state index in [2.05, 4.69) is 0 Å². The normalized spacial score (nSPS) is 12.2. The molecule has 3 aromatic rings. The van der Waals surface area contributed by atoms with Crippen LogP contribution in [0.2, 0.25) is 0 Å². The number of methoxy groups -OCH3 is 2. The molecule has 1 aliphatic heterocycles. The maximum absolute atomic E-state index is 12.9. The van der Waals surface area contributed by atoms with E-state index in [1.54, 1.807) is 12.1 Å². The van der Waals surface area contributed by atoms with E-state index in [9.17, 15) is 14.7 Å². The molecule has 0 radical (unpaired) electrons. The highest BCUT2D eigenvalue weighted by Crippen LogP contribution is 2.46. The molecule has 0 atom stereocenters. The number of benzene rings is 2. The second-order valence-corrected chi connectivity index (χ2v) is 6.04. The number of ether oxygens (including phenoxy) is 4. The summed E-state index contributed by atoms with van der Waals surface area (Å²) in [6.45, 7) is 0.0848. The van der Waals surface area contributed by atoms with Crippen molar-refractivity contribution in [3.63, 3.8) is 0 Å². The molecule has 1 N–H and O–H groups in total. The Hall–Kier alpha value is -3.68. The van der Waals surface area contributed by atoms with Crippen LogP contribution in [0.5, 0.6) is 28.7 Å². The summed E-state index contributed by atoms with van der Waals surface area (Å²) >= 11 is 0. The van der Waals surface area contributed by atoms with Gasteiger partial charge in [-0.25, -0.2) is 0 Å². The van der Waals surface area contributed by atoms with Crippen molar-refractivity contribution in [2.45, 2.75) is 6.42 Å².